The minimum Gasteiger partial charge on any atom is -0.479 e. The molecule has 1 aliphatic rings. The topological polar surface area (TPSA) is 102 Å². The Morgan fingerprint density at radius 3 is 2.63 bits per heavy atom. The van der Waals surface area contributed by atoms with Crippen LogP contribution >= 0.6 is 0 Å². The van der Waals surface area contributed by atoms with Gasteiger partial charge in [0.25, 0.3) is 11.6 Å². The second kappa shape index (κ2) is 7.28. The first kappa shape index (κ1) is 18.1. The normalized spacial score (nSPS) is 16.0. The van der Waals surface area contributed by atoms with Gasteiger partial charge in [-0.2, -0.15) is 0 Å². The third kappa shape index (κ3) is 3.95. The molecule has 2 aromatic carbocycles. The van der Waals surface area contributed by atoms with Crippen LogP contribution in [0.4, 0.5) is 17.1 Å². The summed E-state index contributed by atoms with van der Waals surface area (Å²) in [6.07, 6.45) is 2.30. The van der Waals surface area contributed by atoms with Crippen LogP contribution in [0.3, 0.4) is 0 Å². The number of nitrogens with zero attached hydrogens (tertiary/aromatic N) is 2. The van der Waals surface area contributed by atoms with Gasteiger partial charge in [0, 0.05) is 37.0 Å². The van der Waals surface area contributed by atoms with E-state index < -0.39 is 11.0 Å². The van der Waals surface area contributed by atoms with Crippen LogP contribution in [0.15, 0.2) is 48.5 Å². The molecule has 1 unspecified atom stereocenters. The number of likely N-dealkylation sites (N-methyl/N-ethyl adjacent to an activating group) is 1. The van der Waals surface area contributed by atoms with E-state index in [2.05, 4.69) is 5.32 Å². The number of fused-ring (bicyclic) bond motifs is 1. The van der Waals surface area contributed by atoms with Gasteiger partial charge in [-0.15, -0.1) is 0 Å². The summed E-state index contributed by atoms with van der Waals surface area (Å²) in [6, 6.07) is 10.9. The van der Waals surface area contributed by atoms with Gasteiger partial charge < -0.3 is 15.0 Å². The van der Waals surface area contributed by atoms with E-state index in [1.165, 1.54) is 23.1 Å². The summed E-state index contributed by atoms with van der Waals surface area (Å²) in [6.45, 7) is 1.67. The Morgan fingerprint density at radius 2 is 1.96 bits per heavy atom. The molecule has 0 aromatic heterocycles. The first-order valence-electron chi connectivity index (χ1n) is 8.17. The van der Waals surface area contributed by atoms with Gasteiger partial charge in [0.05, 0.1) is 10.6 Å². The van der Waals surface area contributed by atoms with Gasteiger partial charge in [0.1, 0.15) is 5.75 Å². The van der Waals surface area contributed by atoms with E-state index >= 15 is 0 Å². The molecule has 0 radical (unpaired) electrons. The van der Waals surface area contributed by atoms with Crippen LogP contribution in [-0.2, 0) is 9.59 Å². The van der Waals surface area contributed by atoms with Crippen LogP contribution in [0.25, 0.3) is 6.08 Å². The van der Waals surface area contributed by atoms with Gasteiger partial charge >= 0.3 is 0 Å². The monoisotopic (exact) mass is 367 g/mol. The van der Waals surface area contributed by atoms with Gasteiger partial charge in [-0.25, -0.2) is 0 Å². The molecule has 0 fully saturated rings. The standard InChI is InChI=1S/C19H17N3O5/c1-12-19(24)21(2)16-9-6-14(11-17(16)27-12)20-18(23)10-5-13-3-7-15(8-4-13)22(25)26/h3-12H,1-2H3,(H,20,23)/b10-5+. The number of carbonyl (C=O) groups excluding carboxylic acids is 2. The van der Waals surface area contributed by atoms with Gasteiger partial charge in [0.15, 0.2) is 6.10 Å². The van der Waals surface area contributed by atoms with E-state index in [4.69, 9.17) is 4.74 Å². The predicted octanol–water partition coefficient (Wildman–Crippen LogP) is 2.99. The minimum absolute atomic E-state index is 0.0108. The maximum absolute atomic E-state index is 12.1. The van der Waals surface area contributed by atoms with E-state index in [0.717, 1.165) is 0 Å². The Hall–Kier alpha value is -3.68. The van der Waals surface area contributed by atoms with Crippen LogP contribution in [-0.4, -0.2) is 29.9 Å². The van der Waals surface area contributed by atoms with Crippen molar-refractivity contribution in [3.05, 3.63) is 64.2 Å². The summed E-state index contributed by atoms with van der Waals surface area (Å²) < 4.78 is 5.58. The number of benzene rings is 2. The zero-order chi connectivity index (χ0) is 19.6. The molecule has 138 valence electrons. The van der Waals surface area contributed by atoms with E-state index in [1.54, 1.807) is 50.4 Å². The average molecular weight is 367 g/mol. The number of hydrogen-bond donors (Lipinski definition) is 1. The quantitative estimate of drug-likeness (QED) is 0.508. The fourth-order valence-electron chi connectivity index (χ4n) is 2.66. The largest absolute Gasteiger partial charge is 0.479 e. The highest BCUT2D eigenvalue weighted by atomic mass is 16.6. The van der Waals surface area contributed by atoms with Crippen molar-refractivity contribution in [3.8, 4) is 5.75 Å². The fourth-order valence-corrected chi connectivity index (χ4v) is 2.66. The lowest BCUT2D eigenvalue weighted by Gasteiger charge is -2.30. The Labute approximate surface area is 155 Å². The number of rotatable bonds is 4. The SMILES string of the molecule is CC1Oc2cc(NC(=O)/C=C/c3ccc([N+](=O)[O-])cc3)ccc2N(C)C1=O. The van der Waals surface area contributed by atoms with Crippen LogP contribution in [0.2, 0.25) is 0 Å². The van der Waals surface area contributed by atoms with Crippen molar-refractivity contribution in [1.82, 2.24) is 0 Å². The molecule has 27 heavy (non-hydrogen) atoms. The Balaban J connectivity index is 1.68. The fraction of sp³-hybridized carbons (Fsp3) is 0.158. The lowest BCUT2D eigenvalue weighted by Crippen LogP contribution is -2.41. The van der Waals surface area contributed by atoms with Gasteiger partial charge in [-0.3, -0.25) is 19.7 Å². The summed E-state index contributed by atoms with van der Waals surface area (Å²) in [4.78, 5) is 35.7. The van der Waals surface area contributed by atoms with Crippen molar-refractivity contribution >= 4 is 35.0 Å². The van der Waals surface area contributed by atoms with Gasteiger partial charge in [-0.1, -0.05) is 0 Å². The smallest absolute Gasteiger partial charge is 0.269 e. The molecule has 1 heterocycles. The number of ether oxygens (including phenoxy) is 1. The Bertz CT molecular complexity index is 937. The first-order valence-corrected chi connectivity index (χ1v) is 8.17. The number of amides is 2. The summed E-state index contributed by atoms with van der Waals surface area (Å²) in [5.74, 6) is 0.0219. The molecule has 2 aromatic rings. The number of non-ortho nitro benzene ring substituents is 1. The maximum atomic E-state index is 12.1. The summed E-state index contributed by atoms with van der Waals surface area (Å²) in [5, 5.41) is 13.3. The summed E-state index contributed by atoms with van der Waals surface area (Å²) in [7, 11) is 1.67. The molecule has 1 aliphatic heterocycles. The van der Waals surface area contributed by atoms with Crippen molar-refractivity contribution in [2.45, 2.75) is 13.0 Å². The minimum atomic E-state index is -0.588. The number of nitrogens with one attached hydrogen (secondary N) is 1. The highest BCUT2D eigenvalue weighted by Crippen LogP contribution is 2.35. The van der Waals surface area contributed by atoms with Crippen molar-refractivity contribution < 1.29 is 19.2 Å². The van der Waals surface area contributed by atoms with E-state index in [9.17, 15) is 19.7 Å². The zero-order valence-corrected chi connectivity index (χ0v) is 14.7. The molecule has 0 saturated heterocycles. The predicted molar refractivity (Wildman–Crippen MR) is 101 cm³/mol. The lowest BCUT2D eigenvalue weighted by molar-refractivity contribution is -0.384. The van der Waals surface area contributed by atoms with Crippen molar-refractivity contribution in [1.29, 1.82) is 0 Å². The number of nitro groups is 1. The molecule has 8 heteroatoms. The van der Waals surface area contributed by atoms with Crippen molar-refractivity contribution in [2.24, 2.45) is 0 Å². The maximum Gasteiger partial charge on any atom is 0.269 e. The number of carbonyl (C=O) groups is 2. The number of nitro benzene ring substituents is 1. The van der Waals surface area contributed by atoms with E-state index in [1.807, 2.05) is 0 Å². The van der Waals surface area contributed by atoms with Crippen molar-refractivity contribution in [3.63, 3.8) is 0 Å². The molecule has 3 rings (SSSR count). The molecule has 2 amide bonds. The highest BCUT2D eigenvalue weighted by Gasteiger charge is 2.28. The molecular formula is C19H17N3O5. The van der Waals surface area contributed by atoms with Gasteiger partial charge in [-0.05, 0) is 42.8 Å². The third-order valence-corrected chi connectivity index (χ3v) is 4.10. The first-order chi connectivity index (χ1) is 12.8. The van der Waals surface area contributed by atoms with Crippen LogP contribution < -0.4 is 15.0 Å². The Morgan fingerprint density at radius 1 is 1.26 bits per heavy atom. The second-order valence-electron chi connectivity index (χ2n) is 6.01. The van der Waals surface area contributed by atoms with Crippen LogP contribution in [0, 0.1) is 10.1 Å². The molecular weight excluding hydrogens is 350 g/mol. The molecule has 0 aliphatic carbocycles. The van der Waals surface area contributed by atoms with Gasteiger partial charge in [0.2, 0.25) is 5.91 Å². The second-order valence-corrected chi connectivity index (χ2v) is 6.01. The molecule has 1 N–H and O–H groups in total. The zero-order valence-electron chi connectivity index (χ0n) is 14.7. The molecule has 0 spiro atoms. The summed E-state index contributed by atoms with van der Waals surface area (Å²) in [5.41, 5.74) is 1.82. The van der Waals surface area contributed by atoms with Crippen LogP contribution in [0.1, 0.15) is 12.5 Å². The molecule has 8 nitrogen and oxygen atoms in total. The summed E-state index contributed by atoms with van der Waals surface area (Å²) >= 11 is 0. The molecule has 0 bridgehead atoms. The molecule has 1 atom stereocenters. The number of anilines is 2. The van der Waals surface area contributed by atoms with Crippen molar-refractivity contribution in [2.75, 3.05) is 17.3 Å². The highest BCUT2D eigenvalue weighted by molar-refractivity contribution is 6.03. The van der Waals surface area contributed by atoms with E-state index in [0.29, 0.717) is 22.7 Å². The Kier molecular flexibility index (Phi) is 4.89. The lowest BCUT2D eigenvalue weighted by atomic mass is 10.1. The molecule has 0 saturated carbocycles. The third-order valence-electron chi connectivity index (χ3n) is 4.10. The average Bonchev–Trinajstić information content (AvgIpc) is 2.65. The number of hydrogen-bond acceptors (Lipinski definition) is 5. The van der Waals surface area contributed by atoms with Crippen LogP contribution in [0.5, 0.6) is 5.75 Å². The van der Waals surface area contributed by atoms with E-state index in [-0.39, 0.29) is 17.5 Å².